The third-order valence-corrected chi connectivity index (χ3v) is 2.19. The van der Waals surface area contributed by atoms with Gasteiger partial charge in [-0.3, -0.25) is 9.78 Å². The van der Waals surface area contributed by atoms with Crippen molar-refractivity contribution in [1.82, 2.24) is 4.98 Å². The third-order valence-electron chi connectivity index (χ3n) is 2.19. The molecule has 0 bridgehead atoms. The molecule has 0 saturated heterocycles. The van der Waals surface area contributed by atoms with Crippen LogP contribution in [0.1, 0.15) is 10.4 Å². The molecule has 1 heterocycles. The molecule has 0 aliphatic carbocycles. The molecule has 0 fully saturated rings. The lowest BCUT2D eigenvalue weighted by molar-refractivity contribution is 0.111. The van der Waals surface area contributed by atoms with Crippen LogP contribution in [0.4, 0.5) is 8.78 Å². The number of rotatable bonds is 2. The van der Waals surface area contributed by atoms with Crippen LogP contribution in [0, 0.1) is 11.6 Å². The molecule has 0 spiro atoms. The van der Waals surface area contributed by atoms with E-state index in [1.807, 2.05) is 0 Å². The van der Waals surface area contributed by atoms with Gasteiger partial charge in [0.1, 0.15) is 11.6 Å². The Bertz CT molecular complexity index is 526. The standard InChI is InChI=1S/C12H7F2NO/c13-10-5-4-8(12(14)9(10)7-16)11-3-1-2-6-15-11/h1-7H. The molecule has 0 aliphatic rings. The van der Waals surface area contributed by atoms with Crippen LogP contribution in [0.2, 0.25) is 0 Å². The van der Waals surface area contributed by atoms with Crippen molar-refractivity contribution in [3.63, 3.8) is 0 Å². The fourth-order valence-electron chi connectivity index (χ4n) is 1.40. The molecule has 0 unspecified atom stereocenters. The number of nitrogens with zero attached hydrogens (tertiary/aromatic N) is 1. The van der Waals surface area contributed by atoms with Crippen molar-refractivity contribution in [3.05, 3.63) is 53.7 Å². The van der Waals surface area contributed by atoms with Crippen LogP contribution >= 0.6 is 0 Å². The molecular weight excluding hydrogens is 212 g/mol. The lowest BCUT2D eigenvalue weighted by atomic mass is 10.1. The molecular formula is C12H7F2NO. The van der Waals surface area contributed by atoms with Gasteiger partial charge in [-0.05, 0) is 24.3 Å². The Morgan fingerprint density at radius 2 is 1.94 bits per heavy atom. The molecule has 0 aliphatic heterocycles. The van der Waals surface area contributed by atoms with Gasteiger partial charge in [0.15, 0.2) is 6.29 Å². The Hall–Kier alpha value is -2.10. The largest absolute Gasteiger partial charge is 0.298 e. The average Bonchev–Trinajstić information content (AvgIpc) is 2.31. The Morgan fingerprint density at radius 1 is 1.12 bits per heavy atom. The van der Waals surface area contributed by atoms with E-state index in [4.69, 9.17) is 0 Å². The van der Waals surface area contributed by atoms with Gasteiger partial charge in [-0.2, -0.15) is 0 Å². The zero-order chi connectivity index (χ0) is 11.5. The predicted molar refractivity (Wildman–Crippen MR) is 55.0 cm³/mol. The molecule has 2 aromatic rings. The summed E-state index contributed by atoms with van der Waals surface area (Å²) in [4.78, 5) is 14.5. The van der Waals surface area contributed by atoms with Crippen molar-refractivity contribution < 1.29 is 13.6 Å². The van der Waals surface area contributed by atoms with Gasteiger partial charge in [0.2, 0.25) is 0 Å². The molecule has 2 rings (SSSR count). The maximum absolute atomic E-state index is 13.7. The highest BCUT2D eigenvalue weighted by Crippen LogP contribution is 2.23. The van der Waals surface area contributed by atoms with E-state index in [2.05, 4.69) is 4.98 Å². The van der Waals surface area contributed by atoms with Gasteiger partial charge < -0.3 is 0 Å². The van der Waals surface area contributed by atoms with Crippen LogP contribution < -0.4 is 0 Å². The highest BCUT2D eigenvalue weighted by Gasteiger charge is 2.14. The zero-order valence-electron chi connectivity index (χ0n) is 8.15. The molecule has 4 heteroatoms. The zero-order valence-corrected chi connectivity index (χ0v) is 8.15. The first-order valence-corrected chi connectivity index (χ1v) is 4.58. The van der Waals surface area contributed by atoms with Gasteiger partial charge in [0.05, 0.1) is 11.3 Å². The van der Waals surface area contributed by atoms with Gasteiger partial charge in [-0.25, -0.2) is 8.78 Å². The number of hydrogen-bond acceptors (Lipinski definition) is 2. The third kappa shape index (κ3) is 1.69. The number of hydrogen-bond donors (Lipinski definition) is 0. The molecule has 80 valence electrons. The number of carbonyl (C=O) groups excluding carboxylic acids is 1. The van der Waals surface area contributed by atoms with Crippen LogP contribution in [0.3, 0.4) is 0 Å². The minimum Gasteiger partial charge on any atom is -0.298 e. The average molecular weight is 219 g/mol. The van der Waals surface area contributed by atoms with Gasteiger partial charge in [-0.15, -0.1) is 0 Å². The highest BCUT2D eigenvalue weighted by molar-refractivity contribution is 5.79. The second-order valence-corrected chi connectivity index (χ2v) is 3.16. The van der Waals surface area contributed by atoms with Crippen molar-refractivity contribution in [2.75, 3.05) is 0 Å². The summed E-state index contributed by atoms with van der Waals surface area (Å²) in [6.45, 7) is 0. The maximum Gasteiger partial charge on any atom is 0.155 e. The second kappa shape index (κ2) is 4.18. The van der Waals surface area contributed by atoms with E-state index in [0.717, 1.165) is 6.07 Å². The summed E-state index contributed by atoms with van der Waals surface area (Å²) in [5.74, 6) is -1.75. The van der Waals surface area contributed by atoms with Crippen LogP contribution in [-0.4, -0.2) is 11.3 Å². The Morgan fingerprint density at radius 3 is 2.56 bits per heavy atom. The first kappa shape index (κ1) is 10.4. The summed E-state index contributed by atoms with van der Waals surface area (Å²) in [7, 11) is 0. The molecule has 0 radical (unpaired) electrons. The summed E-state index contributed by atoms with van der Waals surface area (Å²) in [6, 6.07) is 7.28. The monoisotopic (exact) mass is 219 g/mol. The van der Waals surface area contributed by atoms with Crippen LogP contribution in [0.15, 0.2) is 36.5 Å². The van der Waals surface area contributed by atoms with Crippen molar-refractivity contribution in [2.24, 2.45) is 0 Å². The number of benzene rings is 1. The van der Waals surface area contributed by atoms with E-state index in [1.54, 1.807) is 18.2 Å². The maximum atomic E-state index is 13.7. The summed E-state index contributed by atoms with van der Waals surface area (Å²) < 4.78 is 26.8. The van der Waals surface area contributed by atoms with Gasteiger partial charge >= 0.3 is 0 Å². The first-order chi connectivity index (χ1) is 7.74. The molecule has 16 heavy (non-hydrogen) atoms. The van der Waals surface area contributed by atoms with E-state index in [9.17, 15) is 13.6 Å². The topological polar surface area (TPSA) is 30.0 Å². The van der Waals surface area contributed by atoms with Crippen molar-refractivity contribution >= 4 is 6.29 Å². The number of carbonyl (C=O) groups is 1. The minimum atomic E-state index is -0.881. The molecule has 0 amide bonds. The molecule has 0 saturated carbocycles. The fourth-order valence-corrected chi connectivity index (χ4v) is 1.40. The Labute approximate surface area is 90.6 Å². The smallest absolute Gasteiger partial charge is 0.155 e. The van der Waals surface area contributed by atoms with E-state index in [0.29, 0.717) is 5.69 Å². The highest BCUT2D eigenvalue weighted by atomic mass is 19.1. The first-order valence-electron chi connectivity index (χ1n) is 4.58. The summed E-state index contributed by atoms with van der Waals surface area (Å²) in [5.41, 5.74) is -0.0876. The second-order valence-electron chi connectivity index (χ2n) is 3.16. The lowest BCUT2D eigenvalue weighted by Gasteiger charge is -2.04. The molecule has 0 atom stereocenters. The number of halogens is 2. The van der Waals surface area contributed by atoms with Crippen LogP contribution in [-0.2, 0) is 0 Å². The predicted octanol–water partition coefficient (Wildman–Crippen LogP) is 2.84. The number of aldehydes is 1. The normalized spacial score (nSPS) is 10.1. The summed E-state index contributed by atoms with van der Waals surface area (Å²) in [6.07, 6.45) is 1.66. The summed E-state index contributed by atoms with van der Waals surface area (Å²) in [5, 5.41) is 0. The lowest BCUT2D eigenvalue weighted by Crippen LogP contribution is -1.97. The van der Waals surface area contributed by atoms with Crippen molar-refractivity contribution in [1.29, 1.82) is 0 Å². The van der Waals surface area contributed by atoms with Crippen LogP contribution in [0.25, 0.3) is 11.3 Å². The minimum absolute atomic E-state index is 0.115. The van der Waals surface area contributed by atoms with Crippen LogP contribution in [0.5, 0.6) is 0 Å². The van der Waals surface area contributed by atoms with Crippen molar-refractivity contribution in [3.8, 4) is 11.3 Å². The fraction of sp³-hybridized carbons (Fsp3) is 0. The van der Waals surface area contributed by atoms with Gasteiger partial charge in [0.25, 0.3) is 0 Å². The number of pyridine rings is 1. The molecule has 0 N–H and O–H groups in total. The van der Waals surface area contributed by atoms with Gasteiger partial charge in [-0.1, -0.05) is 6.07 Å². The SMILES string of the molecule is O=Cc1c(F)ccc(-c2ccccn2)c1F. The molecule has 2 nitrogen and oxygen atoms in total. The van der Waals surface area contributed by atoms with E-state index in [1.165, 1.54) is 12.3 Å². The summed E-state index contributed by atoms with van der Waals surface area (Å²) >= 11 is 0. The number of aromatic nitrogens is 1. The van der Waals surface area contributed by atoms with Crippen molar-refractivity contribution in [2.45, 2.75) is 0 Å². The van der Waals surface area contributed by atoms with E-state index < -0.39 is 17.2 Å². The van der Waals surface area contributed by atoms with E-state index >= 15 is 0 Å². The Kier molecular flexibility index (Phi) is 2.72. The Balaban J connectivity index is 2.64. The molecule has 1 aromatic carbocycles. The quantitative estimate of drug-likeness (QED) is 0.727. The van der Waals surface area contributed by atoms with E-state index in [-0.39, 0.29) is 11.8 Å². The molecule has 1 aromatic heterocycles. The van der Waals surface area contributed by atoms with Gasteiger partial charge in [0, 0.05) is 11.8 Å².